The minimum Gasteiger partial charge on any atom is -0.385 e. The van der Waals surface area contributed by atoms with Crippen LogP contribution in [-0.2, 0) is 4.74 Å². The lowest BCUT2D eigenvalue weighted by molar-refractivity contribution is 0.0724. The third kappa shape index (κ3) is 2.31. The second kappa shape index (κ2) is 5.35. The van der Waals surface area contributed by atoms with E-state index in [1.807, 2.05) is 0 Å². The molecule has 1 aromatic rings. The summed E-state index contributed by atoms with van der Waals surface area (Å²) in [6, 6.07) is 4.52. The highest BCUT2D eigenvalue weighted by Crippen LogP contribution is 2.23. The molecule has 0 aromatic heterocycles. The van der Waals surface area contributed by atoms with E-state index in [4.69, 9.17) is 4.74 Å². The molecule has 1 aliphatic heterocycles. The van der Waals surface area contributed by atoms with Gasteiger partial charge in [0.25, 0.3) is 5.91 Å². The summed E-state index contributed by atoms with van der Waals surface area (Å²) in [5.74, 6) is -0.566. The lowest BCUT2D eigenvalue weighted by atomic mass is 10.1. The van der Waals surface area contributed by atoms with E-state index in [-0.39, 0.29) is 17.7 Å². The lowest BCUT2D eigenvalue weighted by Gasteiger charge is -2.18. The summed E-state index contributed by atoms with van der Waals surface area (Å²) in [6.45, 7) is 1.21. The lowest BCUT2D eigenvalue weighted by Crippen LogP contribution is -2.30. The molecule has 4 nitrogen and oxygen atoms in total. The van der Waals surface area contributed by atoms with Crippen LogP contribution in [0.4, 0.5) is 10.1 Å². The van der Waals surface area contributed by atoms with Gasteiger partial charge in [0.2, 0.25) is 0 Å². The van der Waals surface area contributed by atoms with E-state index in [9.17, 15) is 9.18 Å². The van der Waals surface area contributed by atoms with Crippen molar-refractivity contribution in [2.75, 3.05) is 32.6 Å². The highest BCUT2D eigenvalue weighted by molar-refractivity contribution is 5.99. The van der Waals surface area contributed by atoms with Gasteiger partial charge in [0, 0.05) is 27.2 Å². The zero-order valence-electron chi connectivity index (χ0n) is 10.6. The Balaban J connectivity index is 2.22. The van der Waals surface area contributed by atoms with Crippen molar-refractivity contribution in [3.63, 3.8) is 0 Å². The smallest absolute Gasteiger partial charge is 0.256 e. The molecule has 98 valence electrons. The Kier molecular flexibility index (Phi) is 3.81. The molecule has 1 N–H and O–H groups in total. The summed E-state index contributed by atoms with van der Waals surface area (Å²) in [5.41, 5.74) is 0.623. The molecule has 1 aromatic carbocycles. The van der Waals surface area contributed by atoms with Crippen molar-refractivity contribution in [3.05, 3.63) is 29.6 Å². The van der Waals surface area contributed by atoms with Gasteiger partial charge in [-0.25, -0.2) is 4.39 Å². The third-order valence-electron chi connectivity index (χ3n) is 3.26. The van der Waals surface area contributed by atoms with Gasteiger partial charge in [-0.05, 0) is 18.6 Å². The number of hydrogen-bond acceptors (Lipinski definition) is 3. The minimum atomic E-state index is -0.411. The number of nitrogens with one attached hydrogen (secondary N) is 1. The average Bonchev–Trinajstić information content (AvgIpc) is 2.86. The molecule has 1 saturated heterocycles. The zero-order valence-corrected chi connectivity index (χ0v) is 10.6. The Morgan fingerprint density at radius 3 is 2.94 bits per heavy atom. The van der Waals surface area contributed by atoms with Crippen LogP contribution in [0.2, 0.25) is 0 Å². The molecule has 1 unspecified atom stereocenters. The molecule has 0 bridgehead atoms. The van der Waals surface area contributed by atoms with Crippen molar-refractivity contribution in [2.24, 2.45) is 0 Å². The molecule has 1 atom stereocenters. The quantitative estimate of drug-likeness (QED) is 0.890. The zero-order chi connectivity index (χ0) is 13.1. The molecule has 1 fully saturated rings. The number of methoxy groups -OCH3 is 1. The first kappa shape index (κ1) is 12.8. The molecule has 5 heteroatoms. The van der Waals surface area contributed by atoms with Crippen LogP contribution in [0.1, 0.15) is 16.8 Å². The number of ether oxygens (including phenoxy) is 1. The van der Waals surface area contributed by atoms with Crippen LogP contribution in [0.25, 0.3) is 0 Å². The second-order valence-electron chi connectivity index (χ2n) is 4.31. The summed E-state index contributed by atoms with van der Waals surface area (Å²) in [5, 5.41) is 2.74. The van der Waals surface area contributed by atoms with Crippen LogP contribution in [0.5, 0.6) is 0 Å². The summed E-state index contributed by atoms with van der Waals surface area (Å²) in [6.07, 6.45) is 0.910. The van der Waals surface area contributed by atoms with E-state index in [1.165, 1.54) is 6.07 Å². The maximum Gasteiger partial charge on any atom is 0.256 e. The minimum absolute atomic E-state index is 0.0838. The van der Waals surface area contributed by atoms with Crippen LogP contribution in [0.3, 0.4) is 0 Å². The van der Waals surface area contributed by atoms with Gasteiger partial charge >= 0.3 is 0 Å². The molecular formula is C13H17FN2O2. The van der Waals surface area contributed by atoms with Crippen molar-refractivity contribution < 1.29 is 13.9 Å². The van der Waals surface area contributed by atoms with Crippen LogP contribution < -0.4 is 5.32 Å². The number of halogens is 1. The number of nitrogens with zero attached hydrogens (tertiary/aromatic N) is 1. The van der Waals surface area contributed by atoms with Gasteiger partial charge in [0.05, 0.1) is 17.4 Å². The number of hydrogen-bond donors (Lipinski definition) is 1. The van der Waals surface area contributed by atoms with E-state index < -0.39 is 5.82 Å². The third-order valence-corrected chi connectivity index (χ3v) is 3.26. The van der Waals surface area contributed by atoms with Gasteiger partial charge in [0.15, 0.2) is 0 Å². The van der Waals surface area contributed by atoms with Crippen LogP contribution in [0, 0.1) is 5.82 Å². The largest absolute Gasteiger partial charge is 0.385 e. The van der Waals surface area contributed by atoms with Crippen molar-refractivity contribution >= 4 is 11.6 Å². The van der Waals surface area contributed by atoms with Crippen LogP contribution in [-0.4, -0.2) is 44.2 Å². The maximum atomic E-state index is 13.6. The number of anilines is 1. The van der Waals surface area contributed by atoms with E-state index >= 15 is 0 Å². The number of carbonyl (C=O) groups is 1. The number of amides is 1. The SMILES string of the molecule is CNc1c(F)cccc1C(=O)N1CCC(OC)C1. The first-order chi connectivity index (χ1) is 8.67. The Labute approximate surface area is 106 Å². The van der Waals surface area contributed by atoms with Crippen LogP contribution in [0.15, 0.2) is 18.2 Å². The number of carbonyl (C=O) groups excluding carboxylic acids is 1. The summed E-state index contributed by atoms with van der Waals surface area (Å²) in [4.78, 5) is 14.0. The molecule has 1 heterocycles. The predicted molar refractivity (Wildman–Crippen MR) is 67.3 cm³/mol. The van der Waals surface area contributed by atoms with Crippen molar-refractivity contribution in [2.45, 2.75) is 12.5 Å². The van der Waals surface area contributed by atoms with E-state index in [2.05, 4.69) is 5.32 Å². The molecule has 0 spiro atoms. The normalized spacial score (nSPS) is 19.1. The highest BCUT2D eigenvalue weighted by atomic mass is 19.1. The molecule has 0 saturated carbocycles. The second-order valence-corrected chi connectivity index (χ2v) is 4.31. The maximum absolute atomic E-state index is 13.6. The highest BCUT2D eigenvalue weighted by Gasteiger charge is 2.28. The molecule has 0 radical (unpaired) electrons. The standard InChI is InChI=1S/C13H17FN2O2/c1-15-12-10(4-3-5-11(12)14)13(17)16-7-6-9(8-16)18-2/h3-5,9,15H,6-8H2,1-2H3. The van der Waals surface area contributed by atoms with Crippen molar-refractivity contribution in [1.82, 2.24) is 4.90 Å². The fourth-order valence-corrected chi connectivity index (χ4v) is 2.23. The summed E-state index contributed by atoms with van der Waals surface area (Å²) < 4.78 is 18.8. The molecular weight excluding hydrogens is 235 g/mol. The Bertz CT molecular complexity index is 451. The van der Waals surface area contributed by atoms with Gasteiger partial charge < -0.3 is 15.0 Å². The summed E-state index contributed by atoms with van der Waals surface area (Å²) in [7, 11) is 3.25. The first-order valence-corrected chi connectivity index (χ1v) is 5.95. The van der Waals surface area contributed by atoms with Crippen molar-refractivity contribution in [3.8, 4) is 0 Å². The Morgan fingerprint density at radius 1 is 1.56 bits per heavy atom. The predicted octanol–water partition coefficient (Wildman–Crippen LogP) is 1.73. The fourth-order valence-electron chi connectivity index (χ4n) is 2.23. The van der Waals surface area contributed by atoms with E-state index in [0.29, 0.717) is 18.7 Å². The molecule has 1 aliphatic rings. The van der Waals surface area contributed by atoms with Crippen LogP contribution >= 0.6 is 0 Å². The van der Waals surface area contributed by atoms with Gasteiger partial charge in [0.1, 0.15) is 5.82 Å². The number of para-hydroxylation sites is 1. The number of likely N-dealkylation sites (tertiary alicyclic amines) is 1. The molecule has 18 heavy (non-hydrogen) atoms. The van der Waals surface area contributed by atoms with Gasteiger partial charge in [-0.3, -0.25) is 4.79 Å². The van der Waals surface area contributed by atoms with Gasteiger partial charge in [-0.15, -0.1) is 0 Å². The first-order valence-electron chi connectivity index (χ1n) is 5.95. The van der Waals surface area contributed by atoms with Gasteiger partial charge in [-0.2, -0.15) is 0 Å². The molecule has 0 aliphatic carbocycles. The summed E-state index contributed by atoms with van der Waals surface area (Å²) >= 11 is 0. The van der Waals surface area contributed by atoms with E-state index in [1.54, 1.807) is 31.2 Å². The van der Waals surface area contributed by atoms with Gasteiger partial charge in [-0.1, -0.05) is 6.07 Å². The monoisotopic (exact) mass is 252 g/mol. The molecule has 2 rings (SSSR count). The van der Waals surface area contributed by atoms with E-state index in [0.717, 1.165) is 6.42 Å². The number of rotatable bonds is 3. The molecule has 1 amide bonds. The topological polar surface area (TPSA) is 41.6 Å². The number of benzene rings is 1. The Hall–Kier alpha value is -1.62. The van der Waals surface area contributed by atoms with Crippen molar-refractivity contribution in [1.29, 1.82) is 0 Å². The Morgan fingerprint density at radius 2 is 2.33 bits per heavy atom. The fraction of sp³-hybridized carbons (Fsp3) is 0.462. The average molecular weight is 252 g/mol.